The van der Waals surface area contributed by atoms with Gasteiger partial charge in [-0.2, -0.15) is 0 Å². The summed E-state index contributed by atoms with van der Waals surface area (Å²) in [5, 5.41) is 0. The van der Waals surface area contributed by atoms with Gasteiger partial charge in [-0.3, -0.25) is 9.59 Å². The topological polar surface area (TPSA) is 52.6 Å². The minimum atomic E-state index is -0.474. The first-order valence-corrected chi connectivity index (χ1v) is 8.65. The summed E-state index contributed by atoms with van der Waals surface area (Å²) in [5.74, 6) is 1.13. The summed E-state index contributed by atoms with van der Waals surface area (Å²) >= 11 is 0. The first-order valence-electron chi connectivity index (χ1n) is 8.65. The third-order valence-corrected chi connectivity index (χ3v) is 6.23. The van der Waals surface area contributed by atoms with Crippen molar-refractivity contribution in [3.8, 4) is 0 Å². The summed E-state index contributed by atoms with van der Waals surface area (Å²) in [6.07, 6.45) is 2.22. The number of esters is 2. The van der Waals surface area contributed by atoms with Crippen molar-refractivity contribution in [2.24, 2.45) is 35.0 Å². The maximum atomic E-state index is 12.9. The van der Waals surface area contributed by atoms with Crippen molar-refractivity contribution in [3.63, 3.8) is 0 Å². The van der Waals surface area contributed by atoms with Crippen LogP contribution in [0.3, 0.4) is 0 Å². The Hall–Kier alpha value is -1.06. The predicted molar refractivity (Wildman–Crippen MR) is 81.9 cm³/mol. The lowest BCUT2D eigenvalue weighted by Gasteiger charge is -2.36. The number of ether oxygens (including phenoxy) is 2. The van der Waals surface area contributed by atoms with Crippen LogP contribution < -0.4 is 0 Å². The Bertz CT molecular complexity index is 483. The lowest BCUT2D eigenvalue weighted by atomic mass is 9.73. The molecule has 1 aliphatic heterocycles. The minimum Gasteiger partial charge on any atom is -0.458 e. The van der Waals surface area contributed by atoms with Crippen LogP contribution in [-0.4, -0.2) is 24.1 Å². The highest BCUT2D eigenvalue weighted by molar-refractivity contribution is 5.79. The average Bonchev–Trinajstić information content (AvgIpc) is 3.02. The first kappa shape index (κ1) is 15.8. The van der Waals surface area contributed by atoms with Gasteiger partial charge in [0.25, 0.3) is 0 Å². The van der Waals surface area contributed by atoms with Gasteiger partial charge in [0.2, 0.25) is 0 Å². The monoisotopic (exact) mass is 308 g/mol. The highest BCUT2D eigenvalue weighted by Crippen LogP contribution is 2.55. The predicted octanol–water partition coefficient (Wildman–Crippen LogP) is 3.19. The van der Waals surface area contributed by atoms with Crippen LogP contribution in [0.4, 0.5) is 0 Å². The van der Waals surface area contributed by atoms with Crippen LogP contribution in [0.2, 0.25) is 0 Å². The van der Waals surface area contributed by atoms with Crippen LogP contribution in [0.5, 0.6) is 0 Å². The quantitative estimate of drug-likeness (QED) is 0.732. The molecule has 2 aliphatic carbocycles. The number of fused-ring (bicyclic) bond motifs is 1. The number of hydrogen-bond acceptors (Lipinski definition) is 4. The first-order chi connectivity index (χ1) is 10.2. The van der Waals surface area contributed by atoms with E-state index in [0.29, 0.717) is 11.8 Å². The molecular formula is C18H28O4. The third-order valence-electron chi connectivity index (χ3n) is 6.23. The van der Waals surface area contributed by atoms with E-state index in [1.807, 2.05) is 6.92 Å². The van der Waals surface area contributed by atoms with Gasteiger partial charge in [0.1, 0.15) is 12.2 Å². The van der Waals surface area contributed by atoms with Gasteiger partial charge in [0.15, 0.2) is 0 Å². The smallest absolute Gasteiger partial charge is 0.312 e. The molecule has 22 heavy (non-hydrogen) atoms. The lowest BCUT2D eigenvalue weighted by molar-refractivity contribution is -0.174. The molecule has 124 valence electrons. The van der Waals surface area contributed by atoms with Gasteiger partial charge in [0, 0.05) is 11.8 Å². The SMILES string of the molecule is CC(C)CC(C)(C(=O)OC1C2CC3C(=O)O[C@@H]1C3C2)C(C)C. The molecular weight excluding hydrogens is 280 g/mol. The standard InChI is InChI=1S/C18H28O4/c1-9(2)8-18(5,10(3)4)17(20)22-14-11-6-12-13(7-11)16(19)21-15(12)14/h9-15H,6-8H2,1-5H3/t11?,12?,13?,14?,15-,18?/m1/s1. The zero-order chi connectivity index (χ0) is 16.2. The molecule has 0 amide bonds. The zero-order valence-corrected chi connectivity index (χ0v) is 14.3. The minimum absolute atomic E-state index is 0.0668. The van der Waals surface area contributed by atoms with E-state index in [1.165, 1.54) is 0 Å². The Morgan fingerprint density at radius 3 is 2.59 bits per heavy atom. The Morgan fingerprint density at radius 2 is 2.00 bits per heavy atom. The molecule has 1 saturated heterocycles. The van der Waals surface area contributed by atoms with E-state index in [-0.39, 0.29) is 41.9 Å². The molecule has 3 rings (SSSR count). The van der Waals surface area contributed by atoms with E-state index in [2.05, 4.69) is 27.7 Å². The summed E-state index contributed by atoms with van der Waals surface area (Å²) in [4.78, 5) is 24.7. The Labute approximate surface area is 132 Å². The molecule has 0 N–H and O–H groups in total. The van der Waals surface area contributed by atoms with Crippen molar-refractivity contribution in [1.82, 2.24) is 0 Å². The van der Waals surface area contributed by atoms with E-state index in [4.69, 9.17) is 9.47 Å². The van der Waals surface area contributed by atoms with E-state index >= 15 is 0 Å². The molecule has 0 spiro atoms. The molecule has 0 radical (unpaired) electrons. The largest absolute Gasteiger partial charge is 0.458 e. The van der Waals surface area contributed by atoms with Crippen LogP contribution in [-0.2, 0) is 19.1 Å². The molecule has 0 aromatic rings. The summed E-state index contributed by atoms with van der Waals surface area (Å²) in [6, 6.07) is 0. The van der Waals surface area contributed by atoms with Crippen LogP contribution in [0.25, 0.3) is 0 Å². The van der Waals surface area contributed by atoms with Crippen molar-refractivity contribution >= 4 is 11.9 Å². The van der Waals surface area contributed by atoms with Gasteiger partial charge in [0.05, 0.1) is 11.3 Å². The maximum Gasteiger partial charge on any atom is 0.312 e. The molecule has 0 aromatic heterocycles. The van der Waals surface area contributed by atoms with Crippen molar-refractivity contribution in [2.75, 3.05) is 0 Å². The number of carbonyl (C=O) groups excluding carboxylic acids is 2. The van der Waals surface area contributed by atoms with Crippen LogP contribution in [0, 0.1) is 35.0 Å². The molecule has 2 saturated carbocycles. The normalized spacial score (nSPS) is 38.5. The van der Waals surface area contributed by atoms with E-state index in [1.54, 1.807) is 0 Å². The van der Waals surface area contributed by atoms with Gasteiger partial charge in [-0.05, 0) is 38.0 Å². The zero-order valence-electron chi connectivity index (χ0n) is 14.3. The fourth-order valence-electron chi connectivity index (χ4n) is 4.73. The number of rotatable bonds is 5. The Kier molecular flexibility index (Phi) is 3.77. The molecule has 5 unspecified atom stereocenters. The third kappa shape index (κ3) is 2.26. The average molecular weight is 308 g/mol. The van der Waals surface area contributed by atoms with Gasteiger partial charge >= 0.3 is 11.9 Å². The highest BCUT2D eigenvalue weighted by atomic mass is 16.6. The molecule has 2 bridgehead atoms. The van der Waals surface area contributed by atoms with Gasteiger partial charge in [-0.25, -0.2) is 0 Å². The molecule has 4 heteroatoms. The Morgan fingerprint density at radius 1 is 1.32 bits per heavy atom. The summed E-state index contributed by atoms with van der Waals surface area (Å²) in [7, 11) is 0. The second kappa shape index (κ2) is 5.24. The van der Waals surface area contributed by atoms with E-state index in [9.17, 15) is 9.59 Å². The molecule has 4 nitrogen and oxygen atoms in total. The van der Waals surface area contributed by atoms with Crippen molar-refractivity contribution in [2.45, 2.75) is 66.1 Å². The lowest BCUT2D eigenvalue weighted by Crippen LogP contribution is -2.43. The van der Waals surface area contributed by atoms with Gasteiger partial charge in [-0.15, -0.1) is 0 Å². The molecule has 6 atom stereocenters. The maximum absolute atomic E-state index is 12.9. The highest BCUT2D eigenvalue weighted by Gasteiger charge is 2.63. The molecule has 3 fully saturated rings. The second-order valence-electron chi connectivity index (χ2n) is 8.44. The molecule has 0 aromatic carbocycles. The van der Waals surface area contributed by atoms with Crippen LogP contribution in [0.15, 0.2) is 0 Å². The summed E-state index contributed by atoms with van der Waals surface area (Å²) in [6.45, 7) is 10.4. The van der Waals surface area contributed by atoms with E-state index < -0.39 is 5.41 Å². The van der Waals surface area contributed by atoms with Crippen LogP contribution >= 0.6 is 0 Å². The molecule has 1 heterocycles. The van der Waals surface area contributed by atoms with Crippen molar-refractivity contribution in [1.29, 1.82) is 0 Å². The number of hydrogen-bond donors (Lipinski definition) is 0. The van der Waals surface area contributed by atoms with Crippen molar-refractivity contribution in [3.05, 3.63) is 0 Å². The van der Waals surface area contributed by atoms with Crippen molar-refractivity contribution < 1.29 is 19.1 Å². The second-order valence-corrected chi connectivity index (χ2v) is 8.44. The fraction of sp³-hybridized carbons (Fsp3) is 0.889. The Balaban J connectivity index is 1.73. The summed E-state index contributed by atoms with van der Waals surface area (Å²) in [5.41, 5.74) is -0.474. The molecule has 3 aliphatic rings. The summed E-state index contributed by atoms with van der Waals surface area (Å²) < 4.78 is 11.4. The van der Waals surface area contributed by atoms with E-state index in [0.717, 1.165) is 19.3 Å². The number of carbonyl (C=O) groups is 2. The van der Waals surface area contributed by atoms with Crippen LogP contribution in [0.1, 0.15) is 53.9 Å². The van der Waals surface area contributed by atoms with Gasteiger partial charge in [-0.1, -0.05) is 27.7 Å². The van der Waals surface area contributed by atoms with Gasteiger partial charge < -0.3 is 9.47 Å². The fourth-order valence-corrected chi connectivity index (χ4v) is 4.73.